The number of halogens is 1. The molecule has 0 radical (unpaired) electrons. The molecule has 2 aliphatic rings. The topological polar surface area (TPSA) is 65.8 Å². The lowest BCUT2D eigenvalue weighted by molar-refractivity contribution is -0.129. The lowest BCUT2D eigenvalue weighted by atomic mass is 9.86. The van der Waals surface area contributed by atoms with E-state index in [2.05, 4.69) is 6.07 Å². The molecule has 8 heteroatoms. The van der Waals surface area contributed by atoms with Crippen LogP contribution in [0.25, 0.3) is 0 Å². The molecule has 6 nitrogen and oxygen atoms in total. The number of benzene rings is 2. The number of fused-ring (bicyclic) bond motifs is 1. The number of methoxy groups -OCH3 is 2. The summed E-state index contributed by atoms with van der Waals surface area (Å²) in [6.45, 7) is 0.325. The van der Waals surface area contributed by atoms with Gasteiger partial charge in [0.05, 0.1) is 49.1 Å². The first-order valence-corrected chi connectivity index (χ1v) is 10.3. The molecule has 2 aromatic rings. The molecule has 2 aliphatic heterocycles. The molecule has 4 rings (SSSR count). The average Bonchev–Trinajstić information content (AvgIpc) is 2.79. The zero-order valence-electron chi connectivity index (χ0n) is 16.6. The first-order chi connectivity index (χ1) is 14.5. The lowest BCUT2D eigenvalue weighted by Gasteiger charge is -2.42. The molecule has 2 heterocycles. The van der Waals surface area contributed by atoms with Gasteiger partial charge in [-0.2, -0.15) is 5.26 Å². The smallest absolute Gasteiger partial charge is 0.229 e. The summed E-state index contributed by atoms with van der Waals surface area (Å²) in [4.78, 5) is 16.7. The molecule has 1 saturated heterocycles. The van der Waals surface area contributed by atoms with Gasteiger partial charge in [-0.15, -0.1) is 0 Å². The highest BCUT2D eigenvalue weighted by molar-refractivity contribution is 8.03. The number of hydrogen-bond donors (Lipinski definition) is 0. The summed E-state index contributed by atoms with van der Waals surface area (Å²) in [6, 6.07) is 13.8. The maximum Gasteiger partial charge on any atom is 0.229 e. The van der Waals surface area contributed by atoms with E-state index in [-0.39, 0.29) is 24.1 Å². The van der Waals surface area contributed by atoms with E-state index in [1.54, 1.807) is 37.3 Å². The van der Waals surface area contributed by atoms with Gasteiger partial charge in [0.25, 0.3) is 0 Å². The third kappa shape index (κ3) is 3.57. The van der Waals surface area contributed by atoms with Crippen LogP contribution in [-0.4, -0.2) is 37.6 Å². The second-order valence-corrected chi connectivity index (χ2v) is 7.89. The van der Waals surface area contributed by atoms with Crippen molar-refractivity contribution in [2.45, 2.75) is 12.3 Å². The van der Waals surface area contributed by atoms with E-state index in [0.717, 1.165) is 11.3 Å². The lowest BCUT2D eigenvalue weighted by Crippen LogP contribution is -2.47. The Morgan fingerprint density at radius 3 is 2.60 bits per heavy atom. The summed E-state index contributed by atoms with van der Waals surface area (Å²) in [7, 11) is 3.18. The fraction of sp³-hybridized carbons (Fsp3) is 0.273. The maximum absolute atomic E-state index is 13.3. The van der Waals surface area contributed by atoms with E-state index >= 15 is 0 Å². The van der Waals surface area contributed by atoms with E-state index in [0.29, 0.717) is 34.6 Å². The molecule has 2 aromatic carbocycles. The Labute approximate surface area is 178 Å². The Morgan fingerprint density at radius 1 is 1.17 bits per heavy atom. The number of allylic oxidation sites excluding steroid dienone is 1. The second-order valence-electron chi connectivity index (χ2n) is 6.95. The fourth-order valence-electron chi connectivity index (χ4n) is 3.74. The summed E-state index contributed by atoms with van der Waals surface area (Å²) in [5, 5.41) is 10.5. The van der Waals surface area contributed by atoms with E-state index in [9.17, 15) is 14.4 Å². The predicted octanol–water partition coefficient (Wildman–Crippen LogP) is 4.06. The summed E-state index contributed by atoms with van der Waals surface area (Å²) >= 11 is 1.44. The number of carbonyl (C=O) groups is 1. The van der Waals surface area contributed by atoms with Crippen LogP contribution in [0.1, 0.15) is 17.9 Å². The van der Waals surface area contributed by atoms with Crippen LogP contribution in [0, 0.1) is 17.1 Å². The van der Waals surface area contributed by atoms with Crippen LogP contribution in [-0.2, 0) is 4.79 Å². The first-order valence-electron chi connectivity index (χ1n) is 9.35. The summed E-state index contributed by atoms with van der Waals surface area (Å²) in [6.07, 6.45) is 0.173. The molecule has 0 aliphatic carbocycles. The zero-order valence-corrected chi connectivity index (χ0v) is 17.4. The standard InChI is InChI=1S/C22H20FN3O3S/c1-28-16-7-8-19(20(9-16)29-2)25-12-26-21(27)10-17(14-3-5-15(23)6-4-14)18(11-24)22(26)30-13-25/h3-9,17H,10,12-13H2,1-2H3/t17-/m0/s1. The van der Waals surface area contributed by atoms with E-state index < -0.39 is 0 Å². The summed E-state index contributed by atoms with van der Waals surface area (Å²) in [5.74, 6) is 1.13. The van der Waals surface area contributed by atoms with Gasteiger partial charge < -0.3 is 14.4 Å². The Hall–Kier alpha value is -3.18. The van der Waals surface area contributed by atoms with Crippen LogP contribution in [0.4, 0.5) is 10.1 Å². The van der Waals surface area contributed by atoms with Gasteiger partial charge in [0.1, 0.15) is 17.3 Å². The largest absolute Gasteiger partial charge is 0.497 e. The van der Waals surface area contributed by atoms with E-state index in [4.69, 9.17) is 9.47 Å². The Balaban J connectivity index is 1.65. The summed E-state index contributed by atoms with van der Waals surface area (Å²) < 4.78 is 24.1. The zero-order chi connectivity index (χ0) is 21.3. The highest BCUT2D eigenvalue weighted by Gasteiger charge is 2.38. The fourth-order valence-corrected chi connectivity index (χ4v) is 4.90. The molecule has 154 valence electrons. The van der Waals surface area contributed by atoms with Crippen LogP contribution in [0.15, 0.2) is 53.1 Å². The molecule has 0 saturated carbocycles. The highest BCUT2D eigenvalue weighted by atomic mass is 32.2. The van der Waals surface area contributed by atoms with Gasteiger partial charge in [0.2, 0.25) is 5.91 Å². The van der Waals surface area contributed by atoms with Crippen molar-refractivity contribution in [3.63, 3.8) is 0 Å². The normalized spacial score (nSPS) is 18.7. The van der Waals surface area contributed by atoms with Crippen molar-refractivity contribution in [1.29, 1.82) is 5.26 Å². The molecule has 30 heavy (non-hydrogen) atoms. The van der Waals surface area contributed by atoms with Crippen LogP contribution < -0.4 is 14.4 Å². The molecule has 0 N–H and O–H groups in total. The average molecular weight is 425 g/mol. The van der Waals surface area contributed by atoms with Gasteiger partial charge in [-0.3, -0.25) is 9.69 Å². The number of anilines is 1. The number of amides is 1. The van der Waals surface area contributed by atoms with E-state index in [1.165, 1.54) is 23.9 Å². The first kappa shape index (κ1) is 20.1. The van der Waals surface area contributed by atoms with Crippen LogP contribution in [0.2, 0.25) is 0 Å². The number of nitrogens with zero attached hydrogens (tertiary/aromatic N) is 3. The maximum atomic E-state index is 13.3. The summed E-state index contributed by atoms with van der Waals surface area (Å²) in [5.41, 5.74) is 2.16. The van der Waals surface area contributed by atoms with Gasteiger partial charge in [-0.1, -0.05) is 23.9 Å². The molecule has 1 amide bonds. The molecule has 0 spiro atoms. The Kier molecular flexibility index (Phi) is 5.55. The van der Waals surface area contributed by atoms with Crippen molar-refractivity contribution in [3.8, 4) is 17.6 Å². The van der Waals surface area contributed by atoms with Crippen molar-refractivity contribution in [2.24, 2.45) is 0 Å². The monoisotopic (exact) mass is 425 g/mol. The van der Waals surface area contributed by atoms with Crippen molar-refractivity contribution >= 4 is 23.4 Å². The highest BCUT2D eigenvalue weighted by Crippen LogP contribution is 2.44. The quantitative estimate of drug-likeness (QED) is 0.736. The number of ether oxygens (including phenoxy) is 2. The van der Waals surface area contributed by atoms with Crippen LogP contribution in [0.3, 0.4) is 0 Å². The number of rotatable bonds is 4. The minimum Gasteiger partial charge on any atom is -0.497 e. The third-order valence-corrected chi connectivity index (χ3v) is 6.45. The minimum absolute atomic E-state index is 0.0667. The van der Waals surface area contributed by atoms with Crippen LogP contribution in [0.5, 0.6) is 11.5 Å². The minimum atomic E-state index is -0.357. The van der Waals surface area contributed by atoms with Crippen molar-refractivity contribution in [2.75, 3.05) is 31.7 Å². The molecular formula is C22H20FN3O3S. The van der Waals surface area contributed by atoms with Gasteiger partial charge in [-0.25, -0.2) is 4.39 Å². The number of nitriles is 1. The van der Waals surface area contributed by atoms with Crippen LogP contribution >= 0.6 is 11.8 Å². The number of thioether (sulfide) groups is 1. The third-order valence-electron chi connectivity index (χ3n) is 5.29. The van der Waals surface area contributed by atoms with Crippen molar-refractivity contribution < 1.29 is 18.7 Å². The number of hydrogen-bond acceptors (Lipinski definition) is 6. The van der Waals surface area contributed by atoms with E-state index in [1.807, 2.05) is 17.0 Å². The molecule has 0 aromatic heterocycles. The number of carbonyl (C=O) groups excluding carboxylic acids is 1. The predicted molar refractivity (Wildman–Crippen MR) is 113 cm³/mol. The SMILES string of the molecule is COc1ccc(N2CSC3=C(C#N)[C@H](c4ccc(F)cc4)CC(=O)N3C2)c(OC)c1. The van der Waals surface area contributed by atoms with Gasteiger partial charge in [-0.05, 0) is 29.8 Å². The van der Waals surface area contributed by atoms with Crippen molar-refractivity contribution in [1.82, 2.24) is 4.90 Å². The molecule has 1 fully saturated rings. The molecule has 0 bridgehead atoms. The molecule has 0 unspecified atom stereocenters. The Morgan fingerprint density at radius 2 is 1.93 bits per heavy atom. The molecule has 1 atom stereocenters. The van der Waals surface area contributed by atoms with Gasteiger partial charge in [0, 0.05) is 18.4 Å². The van der Waals surface area contributed by atoms with Gasteiger partial charge in [0.15, 0.2) is 0 Å². The van der Waals surface area contributed by atoms with Gasteiger partial charge >= 0.3 is 0 Å². The molecular weight excluding hydrogens is 405 g/mol. The van der Waals surface area contributed by atoms with Crippen molar-refractivity contribution in [3.05, 3.63) is 64.4 Å². The second kappa shape index (κ2) is 8.28. The Bertz CT molecular complexity index is 1050.